The fourth-order valence-corrected chi connectivity index (χ4v) is 2.26. The number of carbonyl (C=O) groups excluding carboxylic acids is 1. The maximum atomic E-state index is 12.4. The van der Waals surface area contributed by atoms with E-state index in [9.17, 15) is 4.79 Å². The van der Waals surface area contributed by atoms with Crippen LogP contribution in [0.2, 0.25) is 0 Å². The molecular formula is C16H14N2O. The lowest BCUT2D eigenvalue weighted by Gasteiger charge is -2.13. The molecule has 0 aliphatic rings. The van der Waals surface area contributed by atoms with E-state index in [-0.39, 0.29) is 11.8 Å². The summed E-state index contributed by atoms with van der Waals surface area (Å²) in [6.07, 6.45) is 1.73. The van der Waals surface area contributed by atoms with Gasteiger partial charge in [0.1, 0.15) is 0 Å². The van der Waals surface area contributed by atoms with Crippen LogP contribution in [0.15, 0.2) is 60.9 Å². The average Bonchev–Trinajstić information content (AvgIpc) is 2.90. The normalized spacial score (nSPS) is 12.5. The molecule has 0 saturated carbocycles. The van der Waals surface area contributed by atoms with Crippen molar-refractivity contribution in [3.63, 3.8) is 0 Å². The van der Waals surface area contributed by atoms with Gasteiger partial charge in [-0.1, -0.05) is 42.5 Å². The molecule has 94 valence electrons. The van der Waals surface area contributed by atoms with Crippen LogP contribution in [0.25, 0.3) is 11.0 Å². The Morgan fingerprint density at radius 3 is 2.53 bits per heavy atom. The third kappa shape index (κ3) is 2.03. The second-order valence-electron chi connectivity index (χ2n) is 4.55. The summed E-state index contributed by atoms with van der Waals surface area (Å²) in [7, 11) is 0. The van der Waals surface area contributed by atoms with Gasteiger partial charge in [0.05, 0.1) is 23.4 Å². The van der Waals surface area contributed by atoms with Gasteiger partial charge < -0.3 is 4.57 Å². The van der Waals surface area contributed by atoms with Gasteiger partial charge in [-0.2, -0.15) is 0 Å². The number of hydrogen-bond donors (Lipinski definition) is 0. The standard InChI is InChI=1S/C16H14N2O/c1-12(16(19)13-7-3-2-4-8-13)18-11-17-14-9-5-6-10-15(14)18/h2-12H,1H3. The number of para-hydroxylation sites is 2. The molecule has 0 aliphatic carbocycles. The molecule has 0 N–H and O–H groups in total. The Morgan fingerprint density at radius 1 is 1.05 bits per heavy atom. The number of ketones is 1. The van der Waals surface area contributed by atoms with Crippen molar-refractivity contribution >= 4 is 16.8 Å². The van der Waals surface area contributed by atoms with Gasteiger partial charge in [0.25, 0.3) is 0 Å². The van der Waals surface area contributed by atoms with Gasteiger partial charge in [-0.3, -0.25) is 4.79 Å². The fourth-order valence-electron chi connectivity index (χ4n) is 2.26. The lowest BCUT2D eigenvalue weighted by Crippen LogP contribution is -2.15. The SMILES string of the molecule is CC(C(=O)c1ccccc1)n1cnc2ccccc21. The number of nitrogens with zero attached hydrogens (tertiary/aromatic N) is 2. The molecule has 0 spiro atoms. The second-order valence-corrected chi connectivity index (χ2v) is 4.55. The Labute approximate surface area is 111 Å². The number of Topliss-reactive ketones (excluding diaryl/α,β-unsaturated/α-hetero) is 1. The lowest BCUT2D eigenvalue weighted by atomic mass is 10.1. The van der Waals surface area contributed by atoms with Gasteiger partial charge in [0.2, 0.25) is 0 Å². The van der Waals surface area contributed by atoms with Crippen molar-refractivity contribution in [3.8, 4) is 0 Å². The Hall–Kier alpha value is -2.42. The largest absolute Gasteiger partial charge is 0.320 e. The predicted molar refractivity (Wildman–Crippen MR) is 75.2 cm³/mol. The van der Waals surface area contributed by atoms with Gasteiger partial charge >= 0.3 is 0 Å². The summed E-state index contributed by atoms with van der Waals surface area (Å²) in [5.74, 6) is 0.101. The van der Waals surface area contributed by atoms with Crippen LogP contribution in [0.5, 0.6) is 0 Å². The van der Waals surface area contributed by atoms with Crippen molar-refractivity contribution in [2.24, 2.45) is 0 Å². The van der Waals surface area contributed by atoms with E-state index in [1.165, 1.54) is 0 Å². The molecule has 0 radical (unpaired) electrons. The molecule has 1 aromatic heterocycles. The topological polar surface area (TPSA) is 34.9 Å². The van der Waals surface area contributed by atoms with Crippen LogP contribution in [0, 0.1) is 0 Å². The Bertz CT molecular complexity index is 716. The third-order valence-corrected chi connectivity index (χ3v) is 3.34. The first-order valence-electron chi connectivity index (χ1n) is 6.28. The van der Waals surface area contributed by atoms with E-state index in [1.54, 1.807) is 6.33 Å². The summed E-state index contributed by atoms with van der Waals surface area (Å²) in [4.78, 5) is 16.8. The maximum Gasteiger partial charge on any atom is 0.185 e. The summed E-state index contributed by atoms with van der Waals surface area (Å²) in [5, 5.41) is 0. The highest BCUT2D eigenvalue weighted by atomic mass is 16.1. The molecule has 1 unspecified atom stereocenters. The molecule has 3 heteroatoms. The van der Waals surface area contributed by atoms with Crippen molar-refractivity contribution < 1.29 is 4.79 Å². The number of benzene rings is 2. The molecule has 2 aromatic carbocycles. The van der Waals surface area contributed by atoms with Crippen molar-refractivity contribution in [2.75, 3.05) is 0 Å². The van der Waals surface area contributed by atoms with Gasteiger partial charge in [-0.25, -0.2) is 4.98 Å². The summed E-state index contributed by atoms with van der Waals surface area (Å²) in [6, 6.07) is 16.9. The maximum absolute atomic E-state index is 12.4. The molecule has 0 amide bonds. The average molecular weight is 250 g/mol. The van der Waals surface area contributed by atoms with E-state index in [0.29, 0.717) is 0 Å². The van der Waals surface area contributed by atoms with Crippen molar-refractivity contribution in [2.45, 2.75) is 13.0 Å². The summed E-state index contributed by atoms with van der Waals surface area (Å²) < 4.78 is 1.92. The van der Waals surface area contributed by atoms with Gasteiger partial charge in [0.15, 0.2) is 5.78 Å². The zero-order chi connectivity index (χ0) is 13.2. The highest BCUT2D eigenvalue weighted by Gasteiger charge is 2.18. The predicted octanol–water partition coefficient (Wildman–Crippen LogP) is 3.48. The van der Waals surface area contributed by atoms with Gasteiger partial charge in [-0.15, -0.1) is 0 Å². The monoisotopic (exact) mass is 250 g/mol. The van der Waals surface area contributed by atoms with E-state index < -0.39 is 0 Å². The molecule has 3 nitrogen and oxygen atoms in total. The number of hydrogen-bond acceptors (Lipinski definition) is 2. The molecule has 0 bridgehead atoms. The van der Waals surface area contributed by atoms with Gasteiger partial charge in [0, 0.05) is 5.56 Å². The molecule has 1 atom stereocenters. The van der Waals surface area contributed by atoms with Crippen LogP contribution in [0.1, 0.15) is 23.3 Å². The number of aromatic nitrogens is 2. The smallest absolute Gasteiger partial charge is 0.185 e. The zero-order valence-corrected chi connectivity index (χ0v) is 10.7. The molecule has 3 aromatic rings. The van der Waals surface area contributed by atoms with Crippen molar-refractivity contribution in [1.29, 1.82) is 0 Å². The van der Waals surface area contributed by atoms with Crippen LogP contribution in [0.4, 0.5) is 0 Å². The molecule has 0 aliphatic heterocycles. The summed E-state index contributed by atoms with van der Waals surface area (Å²) in [6.45, 7) is 1.91. The number of carbonyl (C=O) groups is 1. The molecule has 0 saturated heterocycles. The minimum absolute atomic E-state index is 0.101. The van der Waals surface area contributed by atoms with Crippen LogP contribution >= 0.6 is 0 Å². The Kier molecular flexibility index (Phi) is 2.88. The quantitative estimate of drug-likeness (QED) is 0.667. The Morgan fingerprint density at radius 2 is 1.74 bits per heavy atom. The number of fused-ring (bicyclic) bond motifs is 1. The van der Waals surface area contributed by atoms with Crippen LogP contribution in [-0.4, -0.2) is 15.3 Å². The van der Waals surface area contributed by atoms with Crippen LogP contribution in [-0.2, 0) is 0 Å². The summed E-state index contributed by atoms with van der Waals surface area (Å²) in [5.41, 5.74) is 2.63. The second kappa shape index (κ2) is 4.69. The number of rotatable bonds is 3. The minimum Gasteiger partial charge on any atom is -0.320 e. The van der Waals surface area contributed by atoms with E-state index in [4.69, 9.17) is 0 Å². The lowest BCUT2D eigenvalue weighted by molar-refractivity contribution is 0.0937. The van der Waals surface area contributed by atoms with Crippen LogP contribution in [0.3, 0.4) is 0 Å². The van der Waals surface area contributed by atoms with Gasteiger partial charge in [-0.05, 0) is 19.1 Å². The zero-order valence-electron chi connectivity index (χ0n) is 10.7. The molecule has 19 heavy (non-hydrogen) atoms. The first kappa shape index (κ1) is 11.7. The van der Waals surface area contributed by atoms with E-state index in [2.05, 4.69) is 4.98 Å². The van der Waals surface area contributed by atoms with E-state index in [0.717, 1.165) is 16.6 Å². The van der Waals surface area contributed by atoms with Crippen molar-refractivity contribution in [3.05, 3.63) is 66.5 Å². The first-order chi connectivity index (χ1) is 9.27. The molecule has 3 rings (SSSR count). The summed E-state index contributed by atoms with van der Waals surface area (Å²) >= 11 is 0. The highest BCUT2D eigenvalue weighted by Crippen LogP contribution is 2.20. The highest BCUT2D eigenvalue weighted by molar-refractivity contribution is 5.99. The van der Waals surface area contributed by atoms with E-state index in [1.807, 2.05) is 66.1 Å². The molecule has 1 heterocycles. The minimum atomic E-state index is -0.255. The first-order valence-corrected chi connectivity index (χ1v) is 6.28. The Balaban J connectivity index is 2.00. The van der Waals surface area contributed by atoms with Crippen molar-refractivity contribution in [1.82, 2.24) is 9.55 Å². The number of imidazole rings is 1. The molecule has 0 fully saturated rings. The molecular weight excluding hydrogens is 236 g/mol. The van der Waals surface area contributed by atoms with E-state index >= 15 is 0 Å². The van der Waals surface area contributed by atoms with Crippen LogP contribution < -0.4 is 0 Å². The fraction of sp³-hybridized carbons (Fsp3) is 0.125. The third-order valence-electron chi connectivity index (χ3n) is 3.34.